The Morgan fingerprint density at radius 1 is 1.10 bits per heavy atom. The summed E-state index contributed by atoms with van der Waals surface area (Å²) in [5.74, 6) is -0.317. The van der Waals surface area contributed by atoms with Crippen molar-refractivity contribution in [1.82, 2.24) is 10.3 Å². The van der Waals surface area contributed by atoms with Crippen LogP contribution in [0.1, 0.15) is 35.2 Å². The molecule has 6 heteroatoms. The van der Waals surface area contributed by atoms with Crippen LogP contribution in [0.5, 0.6) is 0 Å². The predicted octanol–water partition coefficient (Wildman–Crippen LogP) is 3.65. The van der Waals surface area contributed by atoms with Crippen molar-refractivity contribution < 1.29 is 14.3 Å². The van der Waals surface area contributed by atoms with Gasteiger partial charge in [0.05, 0.1) is 17.4 Å². The Labute approximate surface area is 169 Å². The highest BCUT2D eigenvalue weighted by Gasteiger charge is 2.18. The van der Waals surface area contributed by atoms with Crippen molar-refractivity contribution >= 4 is 28.4 Å². The number of H-pyrrole nitrogens is 1. The summed E-state index contributed by atoms with van der Waals surface area (Å²) in [7, 11) is 0. The van der Waals surface area contributed by atoms with Gasteiger partial charge in [-0.2, -0.15) is 0 Å². The molecule has 0 bridgehead atoms. The third-order valence-corrected chi connectivity index (χ3v) is 5.26. The molecular formula is C23H25N3O3. The fraction of sp³-hybridized carbons (Fsp3) is 0.304. The maximum absolute atomic E-state index is 12.6. The van der Waals surface area contributed by atoms with Crippen molar-refractivity contribution in [3.63, 3.8) is 0 Å². The van der Waals surface area contributed by atoms with Crippen LogP contribution in [0.3, 0.4) is 0 Å². The molecule has 1 atom stereocenters. The molecule has 29 heavy (non-hydrogen) atoms. The van der Waals surface area contributed by atoms with Crippen molar-refractivity contribution in [1.29, 1.82) is 0 Å². The number of anilines is 1. The maximum atomic E-state index is 12.6. The summed E-state index contributed by atoms with van der Waals surface area (Å²) in [6.07, 6.45) is 4.99. The summed E-state index contributed by atoms with van der Waals surface area (Å²) < 4.78 is 5.54. The van der Waals surface area contributed by atoms with Crippen LogP contribution in [0, 0.1) is 0 Å². The van der Waals surface area contributed by atoms with Gasteiger partial charge in [-0.1, -0.05) is 30.3 Å². The number of aromatic amines is 1. The SMILES string of the molecule is O=C(CCc1c[nH]c2ccccc12)Nc1ccccc1C(=O)NC[C@H]1CCCO1. The van der Waals surface area contributed by atoms with Gasteiger partial charge in [0, 0.05) is 36.7 Å². The molecule has 3 N–H and O–H groups in total. The number of para-hydroxylation sites is 2. The summed E-state index contributed by atoms with van der Waals surface area (Å²) >= 11 is 0. The van der Waals surface area contributed by atoms with Crippen molar-refractivity contribution in [3.8, 4) is 0 Å². The Morgan fingerprint density at radius 3 is 2.79 bits per heavy atom. The third kappa shape index (κ3) is 4.66. The molecule has 0 aliphatic carbocycles. The smallest absolute Gasteiger partial charge is 0.253 e. The normalized spacial score (nSPS) is 16.1. The van der Waals surface area contributed by atoms with E-state index in [1.165, 1.54) is 0 Å². The molecule has 2 amide bonds. The zero-order chi connectivity index (χ0) is 20.1. The first-order chi connectivity index (χ1) is 14.2. The van der Waals surface area contributed by atoms with Crippen LogP contribution in [-0.2, 0) is 16.0 Å². The quantitative estimate of drug-likeness (QED) is 0.575. The van der Waals surface area contributed by atoms with Crippen molar-refractivity contribution in [2.24, 2.45) is 0 Å². The van der Waals surface area contributed by atoms with Gasteiger partial charge in [0.15, 0.2) is 0 Å². The van der Waals surface area contributed by atoms with E-state index in [4.69, 9.17) is 4.74 Å². The van der Waals surface area contributed by atoms with Gasteiger partial charge in [0.2, 0.25) is 5.91 Å². The minimum atomic E-state index is -0.201. The summed E-state index contributed by atoms with van der Waals surface area (Å²) in [4.78, 5) is 28.3. The first-order valence-corrected chi connectivity index (χ1v) is 10.0. The minimum absolute atomic E-state index is 0.0804. The number of rotatable bonds is 7. The topological polar surface area (TPSA) is 83.2 Å². The number of hydrogen-bond acceptors (Lipinski definition) is 3. The van der Waals surface area contributed by atoms with Gasteiger partial charge in [-0.3, -0.25) is 9.59 Å². The summed E-state index contributed by atoms with van der Waals surface area (Å²) in [5, 5.41) is 6.93. The first-order valence-electron chi connectivity index (χ1n) is 10.0. The van der Waals surface area contributed by atoms with Crippen LogP contribution in [-0.4, -0.2) is 36.1 Å². The molecule has 150 valence electrons. The minimum Gasteiger partial charge on any atom is -0.376 e. The molecule has 6 nitrogen and oxygen atoms in total. The van der Waals surface area contributed by atoms with Crippen molar-refractivity contribution in [2.75, 3.05) is 18.5 Å². The van der Waals surface area contributed by atoms with E-state index in [1.807, 2.05) is 36.5 Å². The Bertz CT molecular complexity index is 1010. The van der Waals surface area contributed by atoms with Crippen LogP contribution < -0.4 is 10.6 Å². The lowest BCUT2D eigenvalue weighted by molar-refractivity contribution is -0.116. The number of carbonyl (C=O) groups excluding carboxylic acids is 2. The second kappa shape index (κ2) is 8.92. The molecule has 0 radical (unpaired) electrons. The summed E-state index contributed by atoms with van der Waals surface area (Å²) in [6.45, 7) is 1.24. The number of aryl methyl sites for hydroxylation is 1. The average Bonchev–Trinajstić information content (AvgIpc) is 3.41. The van der Waals surface area contributed by atoms with Crippen LogP contribution in [0.2, 0.25) is 0 Å². The number of hydrogen-bond donors (Lipinski definition) is 3. The fourth-order valence-corrected chi connectivity index (χ4v) is 3.70. The van der Waals surface area contributed by atoms with E-state index in [2.05, 4.69) is 15.6 Å². The molecule has 2 aromatic carbocycles. The lowest BCUT2D eigenvalue weighted by atomic mass is 10.1. The Morgan fingerprint density at radius 2 is 1.93 bits per heavy atom. The highest BCUT2D eigenvalue weighted by atomic mass is 16.5. The molecule has 1 aromatic heterocycles. The number of benzene rings is 2. The molecular weight excluding hydrogens is 366 g/mol. The molecule has 3 aromatic rings. The van der Waals surface area contributed by atoms with E-state index in [-0.39, 0.29) is 17.9 Å². The van der Waals surface area contributed by atoms with Crippen LogP contribution in [0.4, 0.5) is 5.69 Å². The molecule has 0 unspecified atom stereocenters. The van der Waals surface area contributed by atoms with Gasteiger partial charge < -0.3 is 20.4 Å². The molecule has 1 aliphatic rings. The number of carbonyl (C=O) groups is 2. The van der Waals surface area contributed by atoms with Gasteiger partial charge in [0.1, 0.15) is 0 Å². The van der Waals surface area contributed by atoms with Gasteiger partial charge in [0.25, 0.3) is 5.91 Å². The summed E-state index contributed by atoms with van der Waals surface area (Å²) in [6, 6.07) is 15.1. The number of ether oxygens (including phenoxy) is 1. The molecule has 1 saturated heterocycles. The molecule has 0 saturated carbocycles. The highest BCUT2D eigenvalue weighted by molar-refractivity contribution is 6.03. The molecule has 4 rings (SSSR count). The van der Waals surface area contributed by atoms with Crippen LogP contribution in [0.25, 0.3) is 10.9 Å². The Hall–Kier alpha value is -3.12. The second-order valence-electron chi connectivity index (χ2n) is 7.30. The zero-order valence-electron chi connectivity index (χ0n) is 16.2. The number of aromatic nitrogens is 1. The molecule has 1 fully saturated rings. The summed E-state index contributed by atoms with van der Waals surface area (Å²) in [5.41, 5.74) is 3.17. The highest BCUT2D eigenvalue weighted by Crippen LogP contribution is 2.20. The third-order valence-electron chi connectivity index (χ3n) is 5.26. The van der Waals surface area contributed by atoms with Crippen LogP contribution >= 0.6 is 0 Å². The van der Waals surface area contributed by atoms with Crippen molar-refractivity contribution in [2.45, 2.75) is 31.8 Å². The van der Waals surface area contributed by atoms with Crippen LogP contribution in [0.15, 0.2) is 54.7 Å². The average molecular weight is 391 g/mol. The van der Waals surface area contributed by atoms with E-state index >= 15 is 0 Å². The standard InChI is InChI=1S/C23H25N3O3/c27-22(12-11-16-14-24-20-9-3-1-7-18(16)20)26-21-10-4-2-8-19(21)23(28)25-15-17-6-5-13-29-17/h1-4,7-10,14,17,24H,5-6,11-13,15H2,(H,25,28)(H,26,27)/t17-/m1/s1. The van der Waals surface area contributed by atoms with Gasteiger partial charge >= 0.3 is 0 Å². The number of nitrogens with one attached hydrogen (secondary N) is 3. The van der Waals surface area contributed by atoms with Gasteiger partial charge in [-0.15, -0.1) is 0 Å². The van der Waals surface area contributed by atoms with E-state index in [0.717, 1.165) is 35.9 Å². The first kappa shape index (κ1) is 19.2. The Kier molecular flexibility index (Phi) is 5.91. The number of amides is 2. The molecule has 0 spiro atoms. The lowest BCUT2D eigenvalue weighted by Crippen LogP contribution is -2.32. The maximum Gasteiger partial charge on any atom is 0.253 e. The Balaban J connectivity index is 1.36. The monoisotopic (exact) mass is 391 g/mol. The van der Waals surface area contributed by atoms with Crippen molar-refractivity contribution in [3.05, 3.63) is 65.9 Å². The van der Waals surface area contributed by atoms with E-state index in [9.17, 15) is 9.59 Å². The van der Waals surface area contributed by atoms with E-state index in [0.29, 0.717) is 30.6 Å². The fourth-order valence-electron chi connectivity index (χ4n) is 3.70. The second-order valence-corrected chi connectivity index (χ2v) is 7.30. The lowest BCUT2D eigenvalue weighted by Gasteiger charge is -2.13. The largest absolute Gasteiger partial charge is 0.376 e. The number of fused-ring (bicyclic) bond motifs is 1. The zero-order valence-corrected chi connectivity index (χ0v) is 16.2. The van der Waals surface area contributed by atoms with Gasteiger partial charge in [-0.05, 0) is 43.0 Å². The molecule has 2 heterocycles. The molecule has 1 aliphatic heterocycles. The predicted molar refractivity (Wildman–Crippen MR) is 113 cm³/mol. The van der Waals surface area contributed by atoms with E-state index < -0.39 is 0 Å². The van der Waals surface area contributed by atoms with Gasteiger partial charge in [-0.25, -0.2) is 0 Å². The van der Waals surface area contributed by atoms with E-state index in [1.54, 1.807) is 18.2 Å².